The lowest BCUT2D eigenvalue weighted by atomic mass is 10.2. The van der Waals surface area contributed by atoms with E-state index in [1.54, 1.807) is 37.3 Å². The molecule has 1 saturated heterocycles. The molecule has 12 heteroatoms. The maximum absolute atomic E-state index is 13.8. The molecule has 0 bridgehead atoms. The molecular weight excluding hydrogens is 574 g/mol. The zero-order chi connectivity index (χ0) is 29.1. The fourth-order valence-corrected chi connectivity index (χ4v) is 7.81. The zero-order valence-electron chi connectivity index (χ0n) is 22.6. The normalized spacial score (nSPS) is 14.5. The molecule has 0 atom stereocenters. The average Bonchev–Trinajstić information content (AvgIpc) is 2.92. The number of nitrogens with one attached hydrogen (secondary N) is 1. The minimum absolute atomic E-state index is 0.0168. The number of carbonyl (C=O) groups is 1. The van der Waals surface area contributed by atoms with Gasteiger partial charge in [0.1, 0.15) is 12.3 Å². The zero-order valence-corrected chi connectivity index (χ0v) is 24.9. The number of carbonyl (C=O) groups excluding carboxylic acids is 1. The Morgan fingerprint density at radius 1 is 0.925 bits per heavy atom. The Labute approximate surface area is 240 Å². The Bertz CT molecular complexity index is 1600. The van der Waals surface area contributed by atoms with E-state index in [-0.39, 0.29) is 26.9 Å². The van der Waals surface area contributed by atoms with Crippen molar-refractivity contribution < 1.29 is 26.4 Å². The number of hydrogen-bond donors (Lipinski definition) is 1. The number of anilines is 2. The summed E-state index contributed by atoms with van der Waals surface area (Å²) in [7, 11) is -6.54. The van der Waals surface area contributed by atoms with Crippen molar-refractivity contribution in [2.75, 3.05) is 36.4 Å². The first kappa shape index (κ1) is 29.9. The van der Waals surface area contributed by atoms with E-state index in [1.165, 1.54) is 41.7 Å². The highest BCUT2D eigenvalue weighted by Crippen LogP contribution is 2.32. The summed E-state index contributed by atoms with van der Waals surface area (Å²) < 4.78 is 61.8. The van der Waals surface area contributed by atoms with E-state index in [0.717, 1.165) is 29.1 Å². The Balaban J connectivity index is 1.68. The van der Waals surface area contributed by atoms with Gasteiger partial charge in [0.2, 0.25) is 15.9 Å². The molecule has 214 valence electrons. The standard InChI is InChI=1S/C28H32ClN3O6S2/c1-20-7-10-23(11-8-20)40(36,37)32(26-13-9-22(29)17-21(26)2)19-28(33)30-25-18-24(12-14-27(25)38-3)39(34,35)31-15-5-4-6-16-31/h7-14,17-18H,4-6,15-16,19H2,1-3H3,(H,30,33). The van der Waals surface area contributed by atoms with Crippen LogP contribution in [-0.4, -0.2) is 53.8 Å². The summed E-state index contributed by atoms with van der Waals surface area (Å²) in [5.74, 6) is -0.447. The molecule has 40 heavy (non-hydrogen) atoms. The van der Waals surface area contributed by atoms with E-state index in [1.807, 2.05) is 6.92 Å². The van der Waals surface area contributed by atoms with Crippen molar-refractivity contribution in [2.24, 2.45) is 0 Å². The second kappa shape index (κ2) is 12.2. The van der Waals surface area contributed by atoms with Gasteiger partial charge >= 0.3 is 0 Å². The molecule has 0 aromatic heterocycles. The Hall–Kier alpha value is -3.12. The van der Waals surface area contributed by atoms with Crippen LogP contribution in [0.25, 0.3) is 0 Å². The van der Waals surface area contributed by atoms with Crippen LogP contribution in [0, 0.1) is 13.8 Å². The van der Waals surface area contributed by atoms with Gasteiger partial charge in [-0.15, -0.1) is 0 Å². The van der Waals surface area contributed by atoms with Gasteiger partial charge in [0, 0.05) is 18.1 Å². The summed E-state index contributed by atoms with van der Waals surface area (Å²) in [6.07, 6.45) is 2.55. The van der Waals surface area contributed by atoms with Crippen LogP contribution in [0.5, 0.6) is 5.75 Å². The van der Waals surface area contributed by atoms with E-state index in [9.17, 15) is 21.6 Å². The highest BCUT2D eigenvalue weighted by molar-refractivity contribution is 7.92. The first-order valence-electron chi connectivity index (χ1n) is 12.8. The van der Waals surface area contributed by atoms with Crippen LogP contribution in [0.4, 0.5) is 11.4 Å². The van der Waals surface area contributed by atoms with Gasteiger partial charge in [0.15, 0.2) is 0 Å². The van der Waals surface area contributed by atoms with Gasteiger partial charge in [-0.1, -0.05) is 35.7 Å². The minimum Gasteiger partial charge on any atom is -0.495 e. The molecule has 1 fully saturated rings. The molecule has 0 unspecified atom stereocenters. The number of amides is 1. The van der Waals surface area contributed by atoms with Crippen LogP contribution in [0.2, 0.25) is 5.02 Å². The summed E-state index contributed by atoms with van der Waals surface area (Å²) in [6, 6.07) is 15.3. The number of ether oxygens (including phenoxy) is 1. The van der Waals surface area contributed by atoms with Crippen LogP contribution in [0.3, 0.4) is 0 Å². The number of halogens is 1. The summed E-state index contributed by atoms with van der Waals surface area (Å²) in [5, 5.41) is 3.09. The van der Waals surface area contributed by atoms with E-state index < -0.39 is 32.5 Å². The summed E-state index contributed by atoms with van der Waals surface area (Å²) in [4.78, 5) is 13.4. The molecule has 1 aliphatic heterocycles. The van der Waals surface area contributed by atoms with Gasteiger partial charge in [-0.25, -0.2) is 16.8 Å². The quantitative estimate of drug-likeness (QED) is 0.368. The average molecular weight is 606 g/mol. The number of benzene rings is 3. The van der Waals surface area contributed by atoms with E-state index in [2.05, 4.69) is 5.32 Å². The molecule has 0 aliphatic carbocycles. The molecule has 1 amide bonds. The third kappa shape index (κ3) is 6.43. The fraction of sp³-hybridized carbons (Fsp3) is 0.321. The molecule has 0 radical (unpaired) electrons. The van der Waals surface area contributed by atoms with Crippen molar-refractivity contribution in [2.45, 2.75) is 42.9 Å². The summed E-state index contributed by atoms with van der Waals surface area (Å²) >= 11 is 6.11. The van der Waals surface area contributed by atoms with E-state index in [4.69, 9.17) is 16.3 Å². The molecule has 4 rings (SSSR count). The van der Waals surface area contributed by atoms with Gasteiger partial charge in [-0.05, 0) is 80.8 Å². The first-order chi connectivity index (χ1) is 18.9. The van der Waals surface area contributed by atoms with Crippen LogP contribution in [0.1, 0.15) is 30.4 Å². The smallest absolute Gasteiger partial charge is 0.264 e. The topological polar surface area (TPSA) is 113 Å². The fourth-order valence-electron chi connectivity index (χ4n) is 4.56. The molecule has 0 saturated carbocycles. The number of sulfonamides is 2. The maximum atomic E-state index is 13.8. The van der Waals surface area contributed by atoms with Gasteiger partial charge < -0.3 is 10.1 Å². The number of rotatable bonds is 9. The van der Waals surface area contributed by atoms with Crippen molar-refractivity contribution in [3.63, 3.8) is 0 Å². The van der Waals surface area contributed by atoms with Crippen molar-refractivity contribution in [3.8, 4) is 5.75 Å². The van der Waals surface area contributed by atoms with E-state index >= 15 is 0 Å². The summed E-state index contributed by atoms with van der Waals surface area (Å²) in [6.45, 7) is 3.84. The molecule has 0 spiro atoms. The van der Waals surface area contributed by atoms with Crippen LogP contribution in [-0.2, 0) is 24.8 Å². The highest BCUT2D eigenvalue weighted by Gasteiger charge is 2.30. The van der Waals surface area contributed by atoms with Gasteiger partial charge in [0.25, 0.3) is 10.0 Å². The molecule has 3 aromatic rings. The van der Waals surface area contributed by atoms with Crippen molar-refractivity contribution in [3.05, 3.63) is 76.8 Å². The molecule has 3 aromatic carbocycles. The van der Waals surface area contributed by atoms with Crippen LogP contribution in [0.15, 0.2) is 70.5 Å². The molecule has 1 aliphatic rings. The largest absolute Gasteiger partial charge is 0.495 e. The molecule has 9 nitrogen and oxygen atoms in total. The second-order valence-corrected chi connectivity index (χ2v) is 13.9. The lowest BCUT2D eigenvalue weighted by molar-refractivity contribution is -0.114. The molecular formula is C28H32ClN3O6S2. The Morgan fingerprint density at radius 3 is 2.20 bits per heavy atom. The third-order valence-corrected chi connectivity index (χ3v) is 10.6. The van der Waals surface area contributed by atoms with Gasteiger partial charge in [0.05, 0.1) is 28.3 Å². The Morgan fingerprint density at radius 2 is 1.57 bits per heavy atom. The lowest BCUT2D eigenvalue weighted by Crippen LogP contribution is -2.38. The predicted octanol–water partition coefficient (Wildman–Crippen LogP) is 4.97. The minimum atomic E-state index is -4.16. The van der Waals surface area contributed by atoms with Gasteiger partial charge in [-0.2, -0.15) is 4.31 Å². The van der Waals surface area contributed by atoms with Crippen molar-refractivity contribution >= 4 is 48.9 Å². The number of piperidine rings is 1. The molecule has 1 heterocycles. The Kier molecular flexibility index (Phi) is 9.09. The van der Waals surface area contributed by atoms with Gasteiger partial charge in [-0.3, -0.25) is 9.10 Å². The highest BCUT2D eigenvalue weighted by atomic mass is 35.5. The monoisotopic (exact) mass is 605 g/mol. The third-order valence-electron chi connectivity index (χ3n) is 6.72. The number of methoxy groups -OCH3 is 1. The number of hydrogen-bond acceptors (Lipinski definition) is 6. The van der Waals surface area contributed by atoms with Crippen molar-refractivity contribution in [1.29, 1.82) is 0 Å². The number of nitrogens with zero attached hydrogens (tertiary/aromatic N) is 2. The van der Waals surface area contributed by atoms with E-state index in [0.29, 0.717) is 23.7 Å². The van der Waals surface area contributed by atoms with Crippen LogP contribution < -0.4 is 14.4 Å². The van der Waals surface area contributed by atoms with Crippen LogP contribution >= 0.6 is 11.6 Å². The van der Waals surface area contributed by atoms with Crippen molar-refractivity contribution in [1.82, 2.24) is 4.31 Å². The SMILES string of the molecule is COc1ccc(S(=O)(=O)N2CCCCC2)cc1NC(=O)CN(c1ccc(Cl)cc1C)S(=O)(=O)c1ccc(C)cc1. The summed E-state index contributed by atoms with van der Waals surface area (Å²) in [5.41, 5.74) is 1.85. The first-order valence-corrected chi connectivity index (χ1v) is 16.0. The second-order valence-electron chi connectivity index (χ2n) is 9.63. The molecule has 1 N–H and O–H groups in total. The lowest BCUT2D eigenvalue weighted by Gasteiger charge is -2.27. The number of aryl methyl sites for hydroxylation is 2. The maximum Gasteiger partial charge on any atom is 0.264 e. The predicted molar refractivity (Wildman–Crippen MR) is 156 cm³/mol.